The molecule has 1 atom stereocenters. The van der Waals surface area contributed by atoms with Crippen LogP contribution < -0.4 is 5.32 Å². The first-order valence-corrected chi connectivity index (χ1v) is 6.51. The van der Waals surface area contributed by atoms with Crippen molar-refractivity contribution in [2.45, 2.75) is 18.3 Å². The van der Waals surface area contributed by atoms with Gasteiger partial charge >= 0.3 is 11.5 Å². The number of carboxylic acids is 1. The fourth-order valence-corrected chi connectivity index (χ4v) is 1.71. The van der Waals surface area contributed by atoms with Crippen LogP contribution in [0.25, 0.3) is 0 Å². The van der Waals surface area contributed by atoms with Gasteiger partial charge in [-0.1, -0.05) is 12.1 Å². The van der Waals surface area contributed by atoms with Crippen LogP contribution in [0.1, 0.15) is 18.4 Å². The number of anilines is 1. The lowest BCUT2D eigenvalue weighted by molar-refractivity contribution is -0.138. The van der Waals surface area contributed by atoms with E-state index in [0.717, 1.165) is 0 Å². The average Bonchev–Trinajstić information content (AvgIpc) is 2.35. The van der Waals surface area contributed by atoms with E-state index in [1.54, 1.807) is 0 Å². The molecule has 0 aliphatic rings. The zero-order valence-electron chi connectivity index (χ0n) is 10.4. The molecule has 0 fully saturated rings. The second-order valence-electron chi connectivity index (χ2n) is 3.96. The van der Waals surface area contributed by atoms with E-state index < -0.39 is 40.8 Å². The number of hydrogen-bond donors (Lipinski definition) is 2. The van der Waals surface area contributed by atoms with Gasteiger partial charge in [-0.2, -0.15) is 13.2 Å². The maximum Gasteiger partial charge on any atom is 0.442 e. The second kappa shape index (κ2) is 6.65. The smallest absolute Gasteiger partial charge is 0.442 e. The third-order valence-corrected chi connectivity index (χ3v) is 3.17. The minimum atomic E-state index is -4.45. The summed E-state index contributed by atoms with van der Waals surface area (Å²) in [6.07, 6.45) is 0. The molecule has 1 aromatic rings. The van der Waals surface area contributed by atoms with Crippen LogP contribution in [0.3, 0.4) is 0 Å². The molecule has 1 aromatic carbocycles. The topological polar surface area (TPSA) is 66.4 Å². The van der Waals surface area contributed by atoms with Crippen LogP contribution in [0, 0.1) is 0 Å². The third kappa shape index (κ3) is 5.52. The molecule has 4 nitrogen and oxygen atoms in total. The molecule has 0 aliphatic heterocycles. The zero-order chi connectivity index (χ0) is 15.3. The summed E-state index contributed by atoms with van der Waals surface area (Å²) in [5.41, 5.74) is -3.59. The van der Waals surface area contributed by atoms with Gasteiger partial charge in [-0.25, -0.2) is 0 Å². The van der Waals surface area contributed by atoms with Gasteiger partial charge in [0.1, 0.15) is 0 Å². The van der Waals surface area contributed by atoms with E-state index in [1.165, 1.54) is 31.2 Å². The molecule has 2 N–H and O–H groups in total. The summed E-state index contributed by atoms with van der Waals surface area (Å²) in [6.45, 7) is 1.51. The third-order valence-electron chi connectivity index (χ3n) is 2.43. The Morgan fingerprint density at radius 2 is 1.85 bits per heavy atom. The van der Waals surface area contributed by atoms with Crippen molar-refractivity contribution in [1.29, 1.82) is 0 Å². The van der Waals surface area contributed by atoms with Crippen LogP contribution in [0.15, 0.2) is 24.3 Å². The van der Waals surface area contributed by atoms with E-state index in [4.69, 9.17) is 5.11 Å². The largest absolute Gasteiger partial charge is 0.481 e. The van der Waals surface area contributed by atoms with Crippen LogP contribution in [-0.4, -0.2) is 28.2 Å². The number of halogens is 3. The van der Waals surface area contributed by atoms with E-state index in [2.05, 4.69) is 5.32 Å². The molecular weight excluding hydrogens is 295 g/mol. The highest BCUT2D eigenvalue weighted by Crippen LogP contribution is 2.30. The minimum absolute atomic E-state index is 0.319. The van der Waals surface area contributed by atoms with E-state index in [9.17, 15) is 22.8 Å². The molecule has 20 heavy (non-hydrogen) atoms. The highest BCUT2D eigenvalue weighted by Gasteiger charge is 2.29. The Balaban J connectivity index is 2.57. The Morgan fingerprint density at radius 1 is 1.30 bits per heavy atom. The standard InChI is InChI=1S/C12H12F3NO3S/c1-7(11(18)19)8-2-4-9(5-3-8)16-10(17)6-20-12(13,14)15/h2-5,7H,6H2,1H3,(H,16,17)(H,18,19). The van der Waals surface area contributed by atoms with Gasteiger partial charge in [0.25, 0.3) is 0 Å². The number of amides is 1. The van der Waals surface area contributed by atoms with Crippen molar-refractivity contribution in [2.75, 3.05) is 11.1 Å². The van der Waals surface area contributed by atoms with Gasteiger partial charge < -0.3 is 10.4 Å². The monoisotopic (exact) mass is 307 g/mol. The van der Waals surface area contributed by atoms with Crippen molar-refractivity contribution in [3.63, 3.8) is 0 Å². The molecule has 0 aliphatic carbocycles. The molecule has 0 saturated heterocycles. The Bertz CT molecular complexity index is 488. The number of alkyl halides is 3. The second-order valence-corrected chi connectivity index (χ2v) is 5.00. The lowest BCUT2D eigenvalue weighted by Gasteiger charge is -2.09. The molecule has 0 saturated carbocycles. The molecule has 0 spiro atoms. The van der Waals surface area contributed by atoms with Crippen molar-refractivity contribution in [3.05, 3.63) is 29.8 Å². The number of thioether (sulfide) groups is 1. The van der Waals surface area contributed by atoms with Crippen molar-refractivity contribution >= 4 is 29.3 Å². The summed E-state index contributed by atoms with van der Waals surface area (Å²) >= 11 is -0.417. The van der Waals surface area contributed by atoms with Gasteiger partial charge in [0, 0.05) is 5.69 Å². The number of carbonyl (C=O) groups excluding carboxylic acids is 1. The van der Waals surface area contributed by atoms with Crippen molar-refractivity contribution < 1.29 is 27.9 Å². The zero-order valence-corrected chi connectivity index (χ0v) is 11.2. The summed E-state index contributed by atoms with van der Waals surface area (Å²) in [5, 5.41) is 11.1. The van der Waals surface area contributed by atoms with Crippen molar-refractivity contribution in [3.8, 4) is 0 Å². The number of carboxylic acid groups (broad SMARTS) is 1. The fourth-order valence-electron chi connectivity index (χ4n) is 1.34. The minimum Gasteiger partial charge on any atom is -0.481 e. The molecule has 0 heterocycles. The van der Waals surface area contributed by atoms with E-state index in [0.29, 0.717) is 11.3 Å². The highest BCUT2D eigenvalue weighted by molar-refractivity contribution is 8.00. The number of hydrogen-bond acceptors (Lipinski definition) is 3. The van der Waals surface area contributed by atoms with Crippen molar-refractivity contribution in [2.24, 2.45) is 0 Å². The van der Waals surface area contributed by atoms with Gasteiger partial charge in [-0.05, 0) is 36.4 Å². The lowest BCUT2D eigenvalue weighted by atomic mass is 10.0. The van der Waals surface area contributed by atoms with Crippen LogP contribution in [0.2, 0.25) is 0 Å². The number of aliphatic carboxylic acids is 1. The van der Waals surface area contributed by atoms with Gasteiger partial charge in [-0.15, -0.1) is 0 Å². The van der Waals surface area contributed by atoms with Crippen molar-refractivity contribution in [1.82, 2.24) is 0 Å². The molecule has 0 radical (unpaired) electrons. The predicted molar refractivity (Wildman–Crippen MR) is 69.6 cm³/mol. The maximum absolute atomic E-state index is 11.9. The average molecular weight is 307 g/mol. The summed E-state index contributed by atoms with van der Waals surface area (Å²) in [6, 6.07) is 5.91. The molecule has 0 aromatic heterocycles. The lowest BCUT2D eigenvalue weighted by Crippen LogP contribution is -2.17. The fraction of sp³-hybridized carbons (Fsp3) is 0.333. The molecule has 1 amide bonds. The normalized spacial score (nSPS) is 12.8. The first kappa shape index (κ1) is 16.4. The summed E-state index contributed by atoms with van der Waals surface area (Å²) in [5.74, 6) is -3.17. The number of nitrogens with one attached hydrogen (secondary N) is 1. The number of rotatable bonds is 5. The number of benzene rings is 1. The molecule has 8 heteroatoms. The van der Waals surface area contributed by atoms with Gasteiger partial charge in [0.15, 0.2) is 0 Å². The van der Waals surface area contributed by atoms with Gasteiger partial charge in [0.05, 0.1) is 11.7 Å². The summed E-state index contributed by atoms with van der Waals surface area (Å²) in [4.78, 5) is 22.0. The molecular formula is C12H12F3NO3S. The van der Waals surface area contributed by atoms with E-state index in [-0.39, 0.29) is 0 Å². The van der Waals surface area contributed by atoms with Crippen LogP contribution >= 0.6 is 11.8 Å². The Labute approximate surface area is 117 Å². The summed E-state index contributed by atoms with van der Waals surface area (Å²) < 4.78 is 35.7. The SMILES string of the molecule is CC(C(=O)O)c1ccc(NC(=O)CSC(F)(F)F)cc1. The Hall–Kier alpha value is -1.70. The van der Waals surface area contributed by atoms with E-state index in [1.807, 2.05) is 0 Å². The Kier molecular flexibility index (Phi) is 5.43. The molecule has 0 bridgehead atoms. The first-order valence-electron chi connectivity index (χ1n) is 5.52. The maximum atomic E-state index is 11.9. The predicted octanol–water partition coefficient (Wildman–Crippen LogP) is 3.07. The summed E-state index contributed by atoms with van der Waals surface area (Å²) in [7, 11) is 0. The highest BCUT2D eigenvalue weighted by atomic mass is 32.2. The molecule has 1 rings (SSSR count). The van der Waals surface area contributed by atoms with E-state index >= 15 is 0 Å². The molecule has 110 valence electrons. The van der Waals surface area contributed by atoms with Gasteiger partial charge in [-0.3, -0.25) is 9.59 Å². The first-order chi connectivity index (χ1) is 9.19. The quantitative estimate of drug-likeness (QED) is 0.877. The number of carbonyl (C=O) groups is 2. The van der Waals surface area contributed by atoms with Crippen LogP contribution in [-0.2, 0) is 9.59 Å². The Morgan fingerprint density at radius 3 is 2.30 bits per heavy atom. The van der Waals surface area contributed by atoms with Gasteiger partial charge in [0.2, 0.25) is 5.91 Å². The molecule has 1 unspecified atom stereocenters. The van der Waals surface area contributed by atoms with Crippen LogP contribution in [0.5, 0.6) is 0 Å². The van der Waals surface area contributed by atoms with Crippen LogP contribution in [0.4, 0.5) is 18.9 Å².